The minimum Gasteiger partial charge on any atom is -0.496 e. The van der Waals surface area contributed by atoms with Crippen molar-refractivity contribution in [3.63, 3.8) is 0 Å². The minimum absolute atomic E-state index is 0.132. The molecule has 142 valence electrons. The van der Waals surface area contributed by atoms with Crippen LogP contribution in [0.2, 0.25) is 0 Å². The predicted molar refractivity (Wildman–Crippen MR) is 110 cm³/mol. The van der Waals surface area contributed by atoms with Crippen LogP contribution < -0.4 is 10.3 Å². The van der Waals surface area contributed by atoms with Gasteiger partial charge in [-0.1, -0.05) is 12.1 Å². The van der Waals surface area contributed by atoms with Crippen molar-refractivity contribution in [2.24, 2.45) is 0 Å². The zero-order valence-corrected chi connectivity index (χ0v) is 16.8. The van der Waals surface area contributed by atoms with Crippen LogP contribution in [-0.2, 0) is 11.3 Å². The number of thiophene rings is 2. The molecule has 0 radical (unpaired) electrons. The van der Waals surface area contributed by atoms with Crippen LogP contribution in [0.4, 0.5) is 0 Å². The molecule has 28 heavy (non-hydrogen) atoms. The van der Waals surface area contributed by atoms with E-state index in [-0.39, 0.29) is 12.2 Å². The van der Waals surface area contributed by atoms with Crippen LogP contribution in [-0.4, -0.2) is 23.0 Å². The van der Waals surface area contributed by atoms with Gasteiger partial charge in [0.25, 0.3) is 5.56 Å². The van der Waals surface area contributed by atoms with Crippen molar-refractivity contribution >= 4 is 38.9 Å². The topological polar surface area (TPSA) is 81.3 Å². The van der Waals surface area contributed by atoms with Crippen molar-refractivity contribution in [1.82, 2.24) is 9.97 Å². The maximum Gasteiger partial charge on any atom is 0.342 e. The number of rotatable bonds is 5. The van der Waals surface area contributed by atoms with Crippen molar-refractivity contribution in [3.05, 3.63) is 68.4 Å². The minimum atomic E-state index is -0.541. The van der Waals surface area contributed by atoms with Gasteiger partial charge in [0.2, 0.25) is 0 Å². The molecule has 3 heterocycles. The Hall–Kier alpha value is -2.97. The molecule has 0 unspecified atom stereocenters. The van der Waals surface area contributed by atoms with Crippen LogP contribution in [0.15, 0.2) is 46.6 Å². The zero-order valence-electron chi connectivity index (χ0n) is 15.1. The summed E-state index contributed by atoms with van der Waals surface area (Å²) in [5.74, 6) is 0.191. The monoisotopic (exact) mass is 412 g/mol. The van der Waals surface area contributed by atoms with Crippen molar-refractivity contribution in [1.29, 1.82) is 0 Å². The van der Waals surface area contributed by atoms with Gasteiger partial charge in [0.05, 0.1) is 12.5 Å². The third-order valence-electron chi connectivity index (χ3n) is 4.17. The molecular weight excluding hydrogens is 396 g/mol. The molecule has 0 atom stereocenters. The quantitative estimate of drug-likeness (QED) is 0.492. The van der Waals surface area contributed by atoms with E-state index in [1.807, 2.05) is 24.4 Å². The van der Waals surface area contributed by atoms with E-state index in [0.29, 0.717) is 27.4 Å². The second-order valence-corrected chi connectivity index (χ2v) is 8.17. The first-order valence-electron chi connectivity index (χ1n) is 8.44. The molecule has 8 heteroatoms. The first-order valence-corrected chi connectivity index (χ1v) is 10.1. The molecule has 0 bridgehead atoms. The lowest BCUT2D eigenvalue weighted by molar-refractivity contribution is 0.0458. The Bertz CT molecular complexity index is 1220. The fourth-order valence-corrected chi connectivity index (χ4v) is 4.77. The van der Waals surface area contributed by atoms with E-state index in [1.165, 1.54) is 23.3 Å². The highest BCUT2D eigenvalue weighted by Gasteiger charge is 2.16. The van der Waals surface area contributed by atoms with Crippen LogP contribution >= 0.6 is 22.7 Å². The normalized spacial score (nSPS) is 10.9. The van der Waals surface area contributed by atoms with Gasteiger partial charge in [0, 0.05) is 20.7 Å². The second-order valence-electron chi connectivity index (χ2n) is 6.03. The number of H-pyrrole nitrogens is 1. The molecule has 6 nitrogen and oxygen atoms in total. The Morgan fingerprint density at radius 3 is 2.79 bits per heavy atom. The Morgan fingerprint density at radius 1 is 1.21 bits per heavy atom. The highest BCUT2D eigenvalue weighted by molar-refractivity contribution is 7.19. The number of nitrogens with zero attached hydrogens (tertiary/aromatic N) is 1. The number of aryl methyl sites for hydroxylation is 1. The number of esters is 1. The molecule has 0 amide bonds. The van der Waals surface area contributed by atoms with Crippen LogP contribution in [0.1, 0.15) is 21.1 Å². The van der Waals surface area contributed by atoms with E-state index in [4.69, 9.17) is 9.47 Å². The molecular formula is C20H16N2O4S2. The summed E-state index contributed by atoms with van der Waals surface area (Å²) in [6.07, 6.45) is 0. The van der Waals surface area contributed by atoms with E-state index in [1.54, 1.807) is 35.6 Å². The van der Waals surface area contributed by atoms with E-state index < -0.39 is 5.97 Å². The third-order valence-corrected chi connectivity index (χ3v) is 6.07. The third kappa shape index (κ3) is 3.44. The number of fused-ring (bicyclic) bond motifs is 1. The average Bonchev–Trinajstić information content (AvgIpc) is 3.32. The van der Waals surface area contributed by atoms with Gasteiger partial charge in [-0.05, 0) is 31.2 Å². The lowest BCUT2D eigenvalue weighted by Gasteiger charge is -2.08. The van der Waals surface area contributed by atoms with Gasteiger partial charge in [-0.15, -0.1) is 22.7 Å². The summed E-state index contributed by atoms with van der Waals surface area (Å²) >= 11 is 3.03. The van der Waals surface area contributed by atoms with Crippen molar-refractivity contribution in [3.8, 4) is 16.2 Å². The number of methoxy groups -OCH3 is 1. The summed E-state index contributed by atoms with van der Waals surface area (Å²) in [5.41, 5.74) is 0.958. The van der Waals surface area contributed by atoms with E-state index in [9.17, 15) is 9.59 Å². The van der Waals surface area contributed by atoms with Crippen molar-refractivity contribution in [2.75, 3.05) is 7.11 Å². The van der Waals surface area contributed by atoms with Gasteiger partial charge in [0.15, 0.2) is 0 Å². The number of aromatic amines is 1. The Balaban J connectivity index is 1.59. The van der Waals surface area contributed by atoms with E-state index in [2.05, 4.69) is 9.97 Å². The zero-order chi connectivity index (χ0) is 19.7. The fourth-order valence-electron chi connectivity index (χ4n) is 2.85. The highest BCUT2D eigenvalue weighted by atomic mass is 32.1. The lowest BCUT2D eigenvalue weighted by Crippen LogP contribution is -2.14. The fraction of sp³-hybridized carbons (Fsp3) is 0.150. The summed E-state index contributed by atoms with van der Waals surface area (Å²) in [5, 5.41) is 2.50. The summed E-state index contributed by atoms with van der Waals surface area (Å²) < 4.78 is 10.5. The Kier molecular flexibility index (Phi) is 4.97. The molecule has 1 N–H and O–H groups in total. The van der Waals surface area contributed by atoms with Crippen LogP contribution in [0, 0.1) is 6.92 Å². The molecule has 0 aliphatic heterocycles. The molecule has 4 aromatic rings. The molecule has 1 aromatic carbocycles. The standard InChI is InChI=1S/C20H16N2O4S2/c1-11-7-8-15(28-11)13-10-27-19-17(13)18(23)21-16(22-19)9-26-20(24)12-5-3-4-6-14(12)25-2/h3-8,10H,9H2,1-2H3,(H,21,22,23). The first-order chi connectivity index (χ1) is 13.6. The molecule has 0 aliphatic carbocycles. The highest BCUT2D eigenvalue weighted by Crippen LogP contribution is 2.35. The number of aromatic nitrogens is 2. The number of carbonyl (C=O) groups is 1. The average molecular weight is 412 g/mol. The molecule has 4 rings (SSSR count). The SMILES string of the molecule is COc1ccccc1C(=O)OCc1nc2scc(-c3ccc(C)s3)c2c(=O)[nH]1. The molecule has 0 spiro atoms. The number of para-hydroxylation sites is 1. The number of carbonyl (C=O) groups excluding carboxylic acids is 1. The Morgan fingerprint density at radius 2 is 2.04 bits per heavy atom. The molecule has 3 aromatic heterocycles. The van der Waals surface area contributed by atoms with E-state index >= 15 is 0 Å². The van der Waals surface area contributed by atoms with Crippen LogP contribution in [0.3, 0.4) is 0 Å². The van der Waals surface area contributed by atoms with Crippen LogP contribution in [0.5, 0.6) is 5.75 Å². The van der Waals surface area contributed by atoms with Crippen molar-refractivity contribution < 1.29 is 14.3 Å². The van der Waals surface area contributed by atoms with Gasteiger partial charge in [-0.3, -0.25) is 4.79 Å². The molecule has 0 fully saturated rings. The summed E-state index contributed by atoms with van der Waals surface area (Å²) in [6.45, 7) is 1.90. The summed E-state index contributed by atoms with van der Waals surface area (Å²) in [7, 11) is 1.49. The smallest absolute Gasteiger partial charge is 0.342 e. The van der Waals surface area contributed by atoms with Gasteiger partial charge in [0.1, 0.15) is 28.6 Å². The van der Waals surface area contributed by atoms with E-state index in [0.717, 1.165) is 10.4 Å². The Labute approximate surface area is 168 Å². The number of nitrogens with one attached hydrogen (secondary N) is 1. The molecule has 0 saturated heterocycles. The van der Waals surface area contributed by atoms with Gasteiger partial charge in [-0.25, -0.2) is 9.78 Å². The summed E-state index contributed by atoms with van der Waals surface area (Å²) in [4.78, 5) is 35.0. The van der Waals surface area contributed by atoms with Crippen LogP contribution in [0.25, 0.3) is 20.7 Å². The largest absolute Gasteiger partial charge is 0.496 e. The molecule has 0 aliphatic rings. The predicted octanol–water partition coefficient (Wildman–Crippen LogP) is 4.39. The lowest BCUT2D eigenvalue weighted by atomic mass is 10.2. The maximum atomic E-state index is 12.6. The van der Waals surface area contributed by atoms with Gasteiger partial charge >= 0.3 is 5.97 Å². The first kappa shape index (κ1) is 18.4. The maximum absolute atomic E-state index is 12.6. The number of ether oxygens (including phenoxy) is 2. The summed E-state index contributed by atoms with van der Waals surface area (Å²) in [6, 6.07) is 10.8. The number of benzene rings is 1. The van der Waals surface area contributed by atoms with Gasteiger partial charge in [-0.2, -0.15) is 0 Å². The molecule has 0 saturated carbocycles. The number of hydrogen-bond donors (Lipinski definition) is 1. The van der Waals surface area contributed by atoms with Gasteiger partial charge < -0.3 is 14.5 Å². The number of hydrogen-bond acceptors (Lipinski definition) is 7. The second kappa shape index (κ2) is 7.57. The van der Waals surface area contributed by atoms with Crippen molar-refractivity contribution in [2.45, 2.75) is 13.5 Å².